The molecule has 1 aliphatic heterocycles. The number of aryl methyl sites for hydroxylation is 2. The van der Waals surface area contributed by atoms with Crippen LogP contribution in [0, 0.1) is 13.8 Å². The Bertz CT molecular complexity index is 412. The second-order valence-corrected chi connectivity index (χ2v) is 3.95. The second kappa shape index (κ2) is 3.57. The fraction of sp³-hybridized carbons (Fsp3) is 0.417. The molecule has 0 N–H and O–H groups in total. The number of rotatable bonds is 0. The number of amides is 1. The Kier molecular flexibility index (Phi) is 2.39. The van der Waals surface area contributed by atoms with E-state index in [9.17, 15) is 4.79 Å². The van der Waals surface area contributed by atoms with E-state index in [2.05, 4.69) is 6.07 Å². The number of anilines is 1. The van der Waals surface area contributed by atoms with Gasteiger partial charge in [-0.25, -0.2) is 0 Å². The van der Waals surface area contributed by atoms with Crippen molar-refractivity contribution in [3.05, 3.63) is 23.3 Å². The maximum atomic E-state index is 11.5. The van der Waals surface area contributed by atoms with Crippen LogP contribution >= 0.6 is 0 Å². The molecular weight excluding hydrogens is 190 g/mol. The lowest BCUT2D eigenvalue weighted by molar-refractivity contribution is -0.116. The predicted molar refractivity (Wildman–Crippen MR) is 59.4 cm³/mol. The van der Waals surface area contributed by atoms with Gasteiger partial charge in [0.25, 0.3) is 0 Å². The van der Waals surface area contributed by atoms with Crippen molar-refractivity contribution in [2.75, 3.05) is 18.1 Å². The van der Waals surface area contributed by atoms with Crippen molar-refractivity contribution in [3.8, 4) is 5.75 Å². The summed E-state index contributed by atoms with van der Waals surface area (Å²) in [5, 5.41) is 0. The highest BCUT2D eigenvalue weighted by Gasteiger charge is 2.23. The molecule has 0 unspecified atom stereocenters. The molecular formula is C12H15NO2. The van der Waals surface area contributed by atoms with Crippen LogP contribution in [0.25, 0.3) is 0 Å². The Morgan fingerprint density at radius 2 is 2.13 bits per heavy atom. The van der Waals surface area contributed by atoms with E-state index in [-0.39, 0.29) is 5.91 Å². The van der Waals surface area contributed by atoms with E-state index in [1.54, 1.807) is 11.8 Å². The van der Waals surface area contributed by atoms with Gasteiger partial charge in [-0.2, -0.15) is 0 Å². The number of benzene rings is 1. The van der Waals surface area contributed by atoms with E-state index in [1.165, 1.54) is 0 Å². The lowest BCUT2D eigenvalue weighted by atomic mass is 10.1. The average Bonchev–Trinajstić information content (AvgIpc) is 2.16. The van der Waals surface area contributed by atoms with Crippen LogP contribution < -0.4 is 9.64 Å². The summed E-state index contributed by atoms with van der Waals surface area (Å²) >= 11 is 0. The molecule has 0 radical (unpaired) electrons. The Labute approximate surface area is 89.7 Å². The van der Waals surface area contributed by atoms with Crippen molar-refractivity contribution in [3.63, 3.8) is 0 Å². The molecule has 1 aromatic carbocycles. The van der Waals surface area contributed by atoms with Crippen LogP contribution in [0.2, 0.25) is 0 Å². The zero-order valence-electron chi connectivity index (χ0n) is 9.33. The molecule has 0 fully saturated rings. The van der Waals surface area contributed by atoms with Gasteiger partial charge < -0.3 is 9.64 Å². The topological polar surface area (TPSA) is 29.5 Å². The normalized spacial score (nSPS) is 14.5. The van der Waals surface area contributed by atoms with E-state index < -0.39 is 0 Å². The molecule has 1 heterocycles. The summed E-state index contributed by atoms with van der Waals surface area (Å²) in [6.07, 6.45) is 0. The van der Waals surface area contributed by atoms with Crippen LogP contribution in [0.3, 0.4) is 0 Å². The Balaban J connectivity index is 2.55. The van der Waals surface area contributed by atoms with Crippen molar-refractivity contribution in [2.24, 2.45) is 0 Å². The predicted octanol–water partition coefficient (Wildman–Crippen LogP) is 2.05. The largest absolute Gasteiger partial charge is 0.490 e. The minimum Gasteiger partial charge on any atom is -0.490 e. The molecule has 2 rings (SSSR count). The van der Waals surface area contributed by atoms with Crippen molar-refractivity contribution < 1.29 is 9.53 Å². The number of hydrogen-bond donors (Lipinski definition) is 0. The van der Waals surface area contributed by atoms with Crippen LogP contribution in [0.4, 0.5) is 5.69 Å². The highest BCUT2D eigenvalue weighted by atomic mass is 16.5. The van der Waals surface area contributed by atoms with Gasteiger partial charge in [0, 0.05) is 6.92 Å². The van der Waals surface area contributed by atoms with Crippen LogP contribution in [0.5, 0.6) is 5.75 Å². The number of ether oxygens (including phenoxy) is 1. The molecule has 1 aromatic rings. The molecule has 15 heavy (non-hydrogen) atoms. The summed E-state index contributed by atoms with van der Waals surface area (Å²) in [5.74, 6) is 0.903. The van der Waals surface area contributed by atoms with Crippen LogP contribution in [-0.4, -0.2) is 19.1 Å². The van der Waals surface area contributed by atoms with E-state index >= 15 is 0 Å². The Morgan fingerprint density at radius 1 is 1.40 bits per heavy atom. The third-order valence-electron chi connectivity index (χ3n) is 2.63. The van der Waals surface area contributed by atoms with Crippen molar-refractivity contribution in [1.29, 1.82) is 0 Å². The van der Waals surface area contributed by atoms with Gasteiger partial charge in [-0.15, -0.1) is 0 Å². The van der Waals surface area contributed by atoms with Gasteiger partial charge in [0.15, 0.2) is 0 Å². The zero-order valence-corrected chi connectivity index (χ0v) is 9.33. The second-order valence-electron chi connectivity index (χ2n) is 3.95. The Hall–Kier alpha value is -1.51. The molecule has 0 saturated heterocycles. The SMILES string of the molecule is CC(=O)N1CCOc2cc(C)cc(C)c21. The Morgan fingerprint density at radius 3 is 2.80 bits per heavy atom. The summed E-state index contributed by atoms with van der Waals surface area (Å²) < 4.78 is 5.57. The molecule has 1 aliphatic rings. The van der Waals surface area contributed by atoms with Gasteiger partial charge in [-0.3, -0.25) is 4.79 Å². The maximum Gasteiger partial charge on any atom is 0.224 e. The monoisotopic (exact) mass is 205 g/mol. The number of nitrogens with zero attached hydrogens (tertiary/aromatic N) is 1. The summed E-state index contributed by atoms with van der Waals surface area (Å²) in [6.45, 7) is 6.86. The fourth-order valence-electron chi connectivity index (χ4n) is 2.05. The van der Waals surface area contributed by atoms with Gasteiger partial charge in [-0.05, 0) is 31.0 Å². The van der Waals surface area contributed by atoms with E-state index in [0.717, 1.165) is 22.6 Å². The van der Waals surface area contributed by atoms with Gasteiger partial charge in [0.1, 0.15) is 12.4 Å². The quantitative estimate of drug-likeness (QED) is 0.648. The van der Waals surface area contributed by atoms with E-state index in [4.69, 9.17) is 4.74 Å². The summed E-state index contributed by atoms with van der Waals surface area (Å²) in [4.78, 5) is 13.3. The van der Waals surface area contributed by atoms with Gasteiger partial charge in [0.05, 0.1) is 12.2 Å². The first-order valence-corrected chi connectivity index (χ1v) is 5.12. The van der Waals surface area contributed by atoms with E-state index in [1.807, 2.05) is 19.9 Å². The minimum absolute atomic E-state index is 0.0755. The molecule has 3 heteroatoms. The first-order valence-electron chi connectivity index (χ1n) is 5.12. The molecule has 80 valence electrons. The van der Waals surface area contributed by atoms with Gasteiger partial charge >= 0.3 is 0 Å². The third kappa shape index (κ3) is 1.69. The smallest absolute Gasteiger partial charge is 0.224 e. The standard InChI is InChI=1S/C12H15NO2/c1-8-6-9(2)12-11(7-8)15-5-4-13(12)10(3)14/h6-7H,4-5H2,1-3H3. The van der Waals surface area contributed by atoms with Crippen LogP contribution in [0.1, 0.15) is 18.1 Å². The first kappa shape index (κ1) is 10.0. The number of carbonyl (C=O) groups excluding carboxylic acids is 1. The number of carbonyl (C=O) groups is 1. The maximum absolute atomic E-state index is 11.5. The third-order valence-corrected chi connectivity index (χ3v) is 2.63. The fourth-order valence-corrected chi connectivity index (χ4v) is 2.05. The lowest BCUT2D eigenvalue weighted by Crippen LogP contribution is -2.36. The lowest BCUT2D eigenvalue weighted by Gasteiger charge is -2.30. The summed E-state index contributed by atoms with van der Waals surface area (Å²) in [6, 6.07) is 4.06. The van der Waals surface area contributed by atoms with Crippen LogP contribution in [-0.2, 0) is 4.79 Å². The van der Waals surface area contributed by atoms with Crippen molar-refractivity contribution in [2.45, 2.75) is 20.8 Å². The molecule has 0 aliphatic carbocycles. The summed E-state index contributed by atoms with van der Waals surface area (Å²) in [7, 11) is 0. The van der Waals surface area contributed by atoms with Crippen molar-refractivity contribution in [1.82, 2.24) is 0 Å². The molecule has 1 amide bonds. The number of fused-ring (bicyclic) bond motifs is 1. The molecule has 3 nitrogen and oxygen atoms in total. The molecule has 0 atom stereocenters. The van der Waals surface area contributed by atoms with Crippen molar-refractivity contribution >= 4 is 11.6 Å². The van der Waals surface area contributed by atoms with Crippen LogP contribution in [0.15, 0.2) is 12.1 Å². The zero-order chi connectivity index (χ0) is 11.0. The van der Waals surface area contributed by atoms with Gasteiger partial charge in [-0.1, -0.05) is 6.07 Å². The molecule has 0 aromatic heterocycles. The number of hydrogen-bond acceptors (Lipinski definition) is 2. The highest BCUT2D eigenvalue weighted by Crippen LogP contribution is 2.35. The first-order chi connectivity index (χ1) is 7.09. The average molecular weight is 205 g/mol. The summed E-state index contributed by atoms with van der Waals surface area (Å²) in [5.41, 5.74) is 3.19. The highest BCUT2D eigenvalue weighted by molar-refractivity contribution is 5.94. The molecule has 0 spiro atoms. The van der Waals surface area contributed by atoms with E-state index in [0.29, 0.717) is 13.2 Å². The molecule has 0 bridgehead atoms. The molecule has 0 saturated carbocycles. The van der Waals surface area contributed by atoms with Gasteiger partial charge in [0.2, 0.25) is 5.91 Å². The minimum atomic E-state index is 0.0755.